The van der Waals surface area contributed by atoms with E-state index in [4.69, 9.17) is 16.5 Å². The van der Waals surface area contributed by atoms with Crippen LogP contribution in [0.15, 0.2) is 28.2 Å². The van der Waals surface area contributed by atoms with Crippen molar-refractivity contribution in [1.29, 1.82) is 0 Å². The summed E-state index contributed by atoms with van der Waals surface area (Å²) in [6.45, 7) is 2.31. The molecule has 27 heavy (non-hydrogen) atoms. The van der Waals surface area contributed by atoms with Gasteiger partial charge in [0.05, 0.1) is 6.54 Å². The molecule has 1 aromatic rings. The molecule has 2 aliphatic rings. The average molecular weight is 371 g/mol. The second kappa shape index (κ2) is 7.56. The molecular weight excluding hydrogens is 342 g/mol. The molecule has 1 aliphatic heterocycles. The number of hydrogen-bond acceptors (Lipinski definition) is 7. The van der Waals surface area contributed by atoms with E-state index in [1.54, 1.807) is 0 Å². The molecule has 8 heteroatoms. The van der Waals surface area contributed by atoms with Crippen LogP contribution in [0.3, 0.4) is 0 Å². The third-order valence-electron chi connectivity index (χ3n) is 5.05. The molecule has 1 fully saturated rings. The van der Waals surface area contributed by atoms with E-state index in [0.29, 0.717) is 12.5 Å². The molecule has 1 amide bonds. The third kappa shape index (κ3) is 4.05. The first kappa shape index (κ1) is 19.2. The van der Waals surface area contributed by atoms with Crippen molar-refractivity contribution in [2.24, 2.45) is 21.5 Å². The first-order valence-electron chi connectivity index (χ1n) is 9.36. The second-order valence-electron chi connectivity index (χ2n) is 7.60. The number of aryl methyl sites for hydroxylation is 1. The van der Waals surface area contributed by atoms with Gasteiger partial charge in [-0.1, -0.05) is 6.42 Å². The van der Waals surface area contributed by atoms with Gasteiger partial charge in [0, 0.05) is 11.4 Å². The number of anilines is 2. The maximum Gasteiger partial charge on any atom is 0.238 e. The van der Waals surface area contributed by atoms with E-state index in [-0.39, 0.29) is 11.9 Å². The highest BCUT2D eigenvalue weighted by Crippen LogP contribution is 2.40. The van der Waals surface area contributed by atoms with Gasteiger partial charge in [0.25, 0.3) is 0 Å². The van der Waals surface area contributed by atoms with Gasteiger partial charge in [-0.2, -0.15) is 4.99 Å². The number of benzene rings is 1. The Balaban J connectivity index is 1.89. The second-order valence-corrected chi connectivity index (χ2v) is 7.60. The lowest BCUT2D eigenvalue weighted by atomic mass is 9.87. The fraction of sp³-hybridized carbons (Fsp3) is 0.526. The van der Waals surface area contributed by atoms with Crippen LogP contribution in [0.2, 0.25) is 0 Å². The van der Waals surface area contributed by atoms with Crippen molar-refractivity contribution in [3.8, 4) is 0 Å². The van der Waals surface area contributed by atoms with E-state index in [0.717, 1.165) is 42.6 Å². The van der Waals surface area contributed by atoms with Gasteiger partial charge in [0.1, 0.15) is 5.66 Å². The smallest absolute Gasteiger partial charge is 0.238 e. The predicted molar refractivity (Wildman–Crippen MR) is 110 cm³/mol. The third-order valence-corrected chi connectivity index (χ3v) is 5.05. The molecule has 0 saturated heterocycles. The summed E-state index contributed by atoms with van der Waals surface area (Å²) in [7, 11) is 3.73. The number of likely N-dealkylation sites (N-methyl/N-ethyl adjacent to an activating group) is 1. The largest absolute Gasteiger partial charge is 0.369 e. The Morgan fingerprint density at radius 3 is 2.59 bits per heavy atom. The number of hydrogen-bond donors (Lipinski definition) is 3. The predicted octanol–water partition coefficient (Wildman–Crippen LogP) is 1.60. The topological polar surface area (TPSA) is 112 Å². The van der Waals surface area contributed by atoms with Gasteiger partial charge in [-0.15, -0.1) is 0 Å². The average Bonchev–Trinajstić information content (AvgIpc) is 2.56. The van der Waals surface area contributed by atoms with Crippen molar-refractivity contribution in [3.05, 3.63) is 23.8 Å². The maximum absolute atomic E-state index is 12.1. The van der Waals surface area contributed by atoms with Crippen LogP contribution in [-0.2, 0) is 4.79 Å². The van der Waals surface area contributed by atoms with Gasteiger partial charge in [0.15, 0.2) is 0 Å². The van der Waals surface area contributed by atoms with Crippen molar-refractivity contribution in [3.63, 3.8) is 0 Å². The van der Waals surface area contributed by atoms with Crippen LogP contribution in [0.5, 0.6) is 0 Å². The van der Waals surface area contributed by atoms with Crippen LogP contribution in [0, 0.1) is 6.92 Å². The molecule has 0 unspecified atom stereocenters. The zero-order valence-electron chi connectivity index (χ0n) is 16.3. The van der Waals surface area contributed by atoms with E-state index in [1.807, 2.05) is 49.0 Å². The SMILES string of the molecule is Cc1cc(N2C(N)=NC(N)=NC23CCCCC3)ccc1NC(=O)CN(C)C. The number of nitrogens with one attached hydrogen (secondary N) is 1. The first-order chi connectivity index (χ1) is 12.8. The molecule has 1 spiro atoms. The minimum absolute atomic E-state index is 0.0453. The van der Waals surface area contributed by atoms with Crippen LogP contribution in [0.1, 0.15) is 37.7 Å². The summed E-state index contributed by atoms with van der Waals surface area (Å²) in [5.74, 6) is 0.569. The Morgan fingerprint density at radius 2 is 1.96 bits per heavy atom. The van der Waals surface area contributed by atoms with Crippen LogP contribution < -0.4 is 21.7 Å². The molecule has 0 atom stereocenters. The number of amides is 1. The van der Waals surface area contributed by atoms with Gasteiger partial charge in [0.2, 0.25) is 17.8 Å². The molecule has 0 bridgehead atoms. The number of rotatable bonds is 4. The van der Waals surface area contributed by atoms with E-state index in [9.17, 15) is 4.79 Å². The number of nitrogens with two attached hydrogens (primary N) is 2. The monoisotopic (exact) mass is 371 g/mol. The maximum atomic E-state index is 12.1. The lowest BCUT2D eigenvalue weighted by Gasteiger charge is -2.45. The summed E-state index contributed by atoms with van der Waals surface area (Å²) in [5, 5.41) is 2.95. The molecule has 0 aromatic heterocycles. The summed E-state index contributed by atoms with van der Waals surface area (Å²) in [5.41, 5.74) is 14.4. The Bertz CT molecular complexity index is 778. The van der Waals surface area contributed by atoms with Crippen molar-refractivity contribution in [2.75, 3.05) is 30.9 Å². The summed E-state index contributed by atoms with van der Waals surface area (Å²) >= 11 is 0. The van der Waals surface area contributed by atoms with E-state index < -0.39 is 5.66 Å². The van der Waals surface area contributed by atoms with Crippen LogP contribution in [-0.4, -0.2) is 49.0 Å². The van der Waals surface area contributed by atoms with Gasteiger partial charge < -0.3 is 21.7 Å². The standard InChI is InChI=1S/C19H29N7O/c1-13-11-14(7-8-15(13)22-16(27)12-25(2)3)26-18(21)23-17(20)24-19(26)9-5-4-6-10-19/h7-8,11H,4-6,9-10,12H2,1-3H3,(H,22,27)(H4,20,21,23,24). The van der Waals surface area contributed by atoms with Gasteiger partial charge in [-0.25, -0.2) is 4.99 Å². The number of carbonyl (C=O) groups excluding carboxylic acids is 1. The van der Waals surface area contributed by atoms with Crippen molar-refractivity contribution < 1.29 is 4.79 Å². The highest BCUT2D eigenvalue weighted by Gasteiger charge is 2.42. The van der Waals surface area contributed by atoms with Crippen molar-refractivity contribution in [1.82, 2.24) is 4.90 Å². The Kier molecular flexibility index (Phi) is 5.36. The van der Waals surface area contributed by atoms with E-state index >= 15 is 0 Å². The Hall–Kier alpha value is -2.61. The summed E-state index contributed by atoms with van der Waals surface area (Å²) < 4.78 is 0. The molecule has 1 saturated carbocycles. The molecule has 5 N–H and O–H groups in total. The molecular formula is C19H29N7O. The molecule has 0 radical (unpaired) electrons. The highest BCUT2D eigenvalue weighted by atomic mass is 16.2. The molecule has 3 rings (SSSR count). The minimum atomic E-state index is -0.462. The molecule has 1 heterocycles. The lowest BCUT2D eigenvalue weighted by Crippen LogP contribution is -2.58. The fourth-order valence-electron chi connectivity index (χ4n) is 3.90. The number of guanidine groups is 2. The van der Waals surface area contributed by atoms with Gasteiger partial charge in [-0.3, -0.25) is 9.69 Å². The van der Waals surface area contributed by atoms with E-state index in [1.165, 1.54) is 6.42 Å². The molecule has 8 nitrogen and oxygen atoms in total. The first-order valence-corrected chi connectivity index (χ1v) is 9.36. The molecule has 1 aliphatic carbocycles. The van der Waals surface area contributed by atoms with Crippen LogP contribution >= 0.6 is 0 Å². The lowest BCUT2D eigenvalue weighted by molar-refractivity contribution is -0.116. The summed E-state index contributed by atoms with van der Waals surface area (Å²) in [6, 6.07) is 5.87. The zero-order chi connectivity index (χ0) is 19.6. The minimum Gasteiger partial charge on any atom is -0.369 e. The van der Waals surface area contributed by atoms with E-state index in [2.05, 4.69) is 10.3 Å². The summed E-state index contributed by atoms with van der Waals surface area (Å²) in [4.78, 5) is 24.8. The number of nitrogens with zero attached hydrogens (tertiary/aromatic N) is 4. The molecule has 1 aromatic carbocycles. The number of aliphatic imine (C=N–C) groups is 2. The highest BCUT2D eigenvalue weighted by molar-refractivity contribution is 6.06. The van der Waals surface area contributed by atoms with Crippen LogP contribution in [0.25, 0.3) is 0 Å². The van der Waals surface area contributed by atoms with Crippen molar-refractivity contribution >= 4 is 29.2 Å². The molecule has 146 valence electrons. The number of carbonyl (C=O) groups is 1. The quantitative estimate of drug-likeness (QED) is 0.744. The zero-order valence-corrected chi connectivity index (χ0v) is 16.3. The van der Waals surface area contributed by atoms with Gasteiger partial charge in [-0.05, 0) is 70.5 Å². The van der Waals surface area contributed by atoms with Crippen LogP contribution in [0.4, 0.5) is 11.4 Å². The normalized spacial score (nSPS) is 19.0. The Morgan fingerprint density at radius 1 is 1.26 bits per heavy atom. The van der Waals surface area contributed by atoms with Gasteiger partial charge >= 0.3 is 0 Å². The summed E-state index contributed by atoms with van der Waals surface area (Å²) in [6.07, 6.45) is 5.14. The van der Waals surface area contributed by atoms with Crippen molar-refractivity contribution in [2.45, 2.75) is 44.7 Å². The Labute approximate surface area is 160 Å². The fourth-order valence-corrected chi connectivity index (χ4v) is 3.90.